The molecule has 0 aliphatic carbocycles. The zero-order chi connectivity index (χ0) is 37.5. The van der Waals surface area contributed by atoms with E-state index >= 15 is 0 Å². The lowest BCUT2D eigenvalue weighted by atomic mass is 9.83. The van der Waals surface area contributed by atoms with E-state index in [9.17, 15) is 0 Å². The number of para-hydroxylation sites is 2. The first kappa shape index (κ1) is 31.8. The molecule has 12 rings (SSSR count). The zero-order valence-electron chi connectivity index (χ0n) is 30.9. The first-order valence-corrected chi connectivity index (χ1v) is 19.5. The molecule has 0 unspecified atom stereocenters. The summed E-state index contributed by atoms with van der Waals surface area (Å²) >= 11 is 0. The van der Waals surface area contributed by atoms with E-state index in [-0.39, 0.29) is 0 Å². The van der Waals surface area contributed by atoms with Gasteiger partial charge in [-0.05, 0) is 147 Å². The Labute approximate surface area is 328 Å². The summed E-state index contributed by atoms with van der Waals surface area (Å²) in [5.41, 5.74) is 9.68. The second-order valence-electron chi connectivity index (χ2n) is 15.0. The van der Waals surface area contributed by atoms with E-state index in [1.807, 2.05) is 24.3 Å². The maximum Gasteiger partial charge on any atom is 0.227 e. The van der Waals surface area contributed by atoms with E-state index in [4.69, 9.17) is 9.40 Å². The lowest BCUT2D eigenvalue weighted by Crippen LogP contribution is -1.93. The van der Waals surface area contributed by atoms with Gasteiger partial charge in [0.05, 0.1) is 0 Å². The van der Waals surface area contributed by atoms with Gasteiger partial charge in [0.15, 0.2) is 5.58 Å². The second-order valence-corrected chi connectivity index (χ2v) is 15.0. The van der Waals surface area contributed by atoms with Crippen molar-refractivity contribution in [3.8, 4) is 44.8 Å². The van der Waals surface area contributed by atoms with Gasteiger partial charge in [0.1, 0.15) is 5.52 Å². The Morgan fingerprint density at radius 3 is 1.49 bits per heavy atom. The zero-order valence-corrected chi connectivity index (χ0v) is 30.9. The highest BCUT2D eigenvalue weighted by atomic mass is 16.3. The van der Waals surface area contributed by atoms with Crippen LogP contribution in [0.25, 0.3) is 121 Å². The SMILES string of the molecule is c1ccc2cc3c(-c4cc(-c5nc6ccccc6o5)cc(-c5c6ccccc6c(-c6cccc7ccccc67)c6ccccc56)c4)c4ccccc4cc3cc2c1. The third kappa shape index (κ3) is 5.01. The molecule has 0 aliphatic heterocycles. The average molecular weight is 724 g/mol. The number of nitrogens with zero attached hydrogens (tertiary/aromatic N) is 1. The monoisotopic (exact) mass is 723 g/mol. The molecule has 0 radical (unpaired) electrons. The highest BCUT2D eigenvalue weighted by molar-refractivity contribution is 6.24. The molecule has 2 nitrogen and oxygen atoms in total. The summed E-state index contributed by atoms with van der Waals surface area (Å²) in [7, 11) is 0. The maximum absolute atomic E-state index is 6.55. The summed E-state index contributed by atoms with van der Waals surface area (Å²) in [6, 6.07) is 72.6. The Bertz CT molecular complexity index is 3490. The quantitative estimate of drug-likeness (QED) is 0.169. The highest BCUT2D eigenvalue weighted by Gasteiger charge is 2.21. The van der Waals surface area contributed by atoms with Crippen LogP contribution in [0.2, 0.25) is 0 Å². The van der Waals surface area contributed by atoms with Gasteiger partial charge < -0.3 is 4.42 Å². The first-order chi connectivity index (χ1) is 28.2. The van der Waals surface area contributed by atoms with Gasteiger partial charge in [0, 0.05) is 5.56 Å². The molecule has 2 heteroatoms. The molecule has 0 aliphatic rings. The van der Waals surface area contributed by atoms with Crippen LogP contribution in [0.3, 0.4) is 0 Å². The molecule has 0 spiro atoms. The van der Waals surface area contributed by atoms with E-state index in [1.165, 1.54) is 86.9 Å². The van der Waals surface area contributed by atoms with E-state index in [2.05, 4.69) is 176 Å². The average Bonchev–Trinajstić information content (AvgIpc) is 3.71. The summed E-state index contributed by atoms with van der Waals surface area (Å²) in [5.74, 6) is 0.607. The van der Waals surface area contributed by atoms with Crippen LogP contribution in [0, 0.1) is 0 Å². The number of rotatable bonds is 4. The van der Waals surface area contributed by atoms with Crippen LogP contribution in [0.1, 0.15) is 0 Å². The molecule has 0 atom stereocenters. The number of oxazole rings is 1. The minimum atomic E-state index is 0.607. The van der Waals surface area contributed by atoms with Crippen LogP contribution < -0.4 is 0 Å². The summed E-state index contributed by atoms with van der Waals surface area (Å²) in [5, 5.41) is 14.6. The standard InChI is InChI=1S/C55H33NO/c1-2-16-36-33-49-38(28-35(36)15-1)29-37-17-4-6-20-43(37)52(49)39-30-40(32-41(31-39)55-56-50-26-11-12-27-51(50)57-55)53-45-21-7-9-23-47(45)54(48-24-10-8-22-46(48)53)44-25-13-18-34-14-3-5-19-42(34)44/h1-33H. The largest absolute Gasteiger partial charge is 0.436 e. The number of aromatic nitrogens is 1. The molecule has 0 bridgehead atoms. The van der Waals surface area contributed by atoms with Gasteiger partial charge in [-0.2, -0.15) is 0 Å². The molecule has 57 heavy (non-hydrogen) atoms. The molecule has 12 aromatic rings. The lowest BCUT2D eigenvalue weighted by Gasteiger charge is -2.20. The molecule has 1 heterocycles. The van der Waals surface area contributed by atoms with Crippen LogP contribution >= 0.6 is 0 Å². The van der Waals surface area contributed by atoms with Crippen molar-refractivity contribution in [1.82, 2.24) is 4.98 Å². The highest BCUT2D eigenvalue weighted by Crippen LogP contribution is 2.48. The molecule has 0 N–H and O–H groups in total. The number of hydrogen-bond acceptors (Lipinski definition) is 2. The van der Waals surface area contributed by atoms with Crippen molar-refractivity contribution >= 4 is 75.7 Å². The summed E-state index contributed by atoms with van der Waals surface area (Å²) in [6.07, 6.45) is 0. The molecular formula is C55H33NO. The van der Waals surface area contributed by atoms with Gasteiger partial charge in [-0.1, -0.05) is 152 Å². The second kappa shape index (κ2) is 12.5. The molecule has 0 fully saturated rings. The number of benzene rings is 11. The third-order valence-electron chi connectivity index (χ3n) is 11.8. The predicted molar refractivity (Wildman–Crippen MR) is 241 cm³/mol. The van der Waals surface area contributed by atoms with Crippen LogP contribution in [-0.4, -0.2) is 4.98 Å². The predicted octanol–water partition coefficient (Wildman–Crippen LogP) is 15.4. The Hall–Kier alpha value is -7.55. The Balaban J connectivity index is 1.22. The van der Waals surface area contributed by atoms with Crippen LogP contribution in [0.4, 0.5) is 0 Å². The van der Waals surface area contributed by atoms with E-state index < -0.39 is 0 Å². The fraction of sp³-hybridized carbons (Fsp3) is 0. The van der Waals surface area contributed by atoms with Crippen molar-refractivity contribution < 1.29 is 4.42 Å². The molecular weight excluding hydrogens is 691 g/mol. The van der Waals surface area contributed by atoms with Crippen LogP contribution in [0.15, 0.2) is 205 Å². The Kier molecular flexibility index (Phi) is 6.96. The fourth-order valence-corrected chi connectivity index (χ4v) is 9.28. The van der Waals surface area contributed by atoms with Crippen LogP contribution in [0.5, 0.6) is 0 Å². The Morgan fingerprint density at radius 1 is 0.298 bits per heavy atom. The fourth-order valence-electron chi connectivity index (χ4n) is 9.28. The lowest BCUT2D eigenvalue weighted by molar-refractivity contribution is 0.620. The number of fused-ring (bicyclic) bond motifs is 7. The molecule has 0 amide bonds. The molecule has 0 saturated carbocycles. The van der Waals surface area contributed by atoms with Gasteiger partial charge in [0.25, 0.3) is 0 Å². The topological polar surface area (TPSA) is 26.0 Å². The summed E-state index contributed by atoms with van der Waals surface area (Å²) in [6.45, 7) is 0. The molecule has 1 aromatic heterocycles. The third-order valence-corrected chi connectivity index (χ3v) is 11.8. The Morgan fingerprint density at radius 2 is 0.789 bits per heavy atom. The van der Waals surface area contributed by atoms with Crippen molar-refractivity contribution in [3.63, 3.8) is 0 Å². The first-order valence-electron chi connectivity index (χ1n) is 19.5. The van der Waals surface area contributed by atoms with E-state index in [1.54, 1.807) is 0 Å². The van der Waals surface area contributed by atoms with Crippen molar-refractivity contribution in [2.75, 3.05) is 0 Å². The van der Waals surface area contributed by atoms with Gasteiger partial charge in [-0.15, -0.1) is 0 Å². The van der Waals surface area contributed by atoms with E-state index in [0.717, 1.165) is 27.8 Å². The summed E-state index contributed by atoms with van der Waals surface area (Å²) < 4.78 is 6.55. The van der Waals surface area contributed by atoms with Crippen molar-refractivity contribution in [2.45, 2.75) is 0 Å². The van der Waals surface area contributed by atoms with Gasteiger partial charge in [-0.25, -0.2) is 4.98 Å². The van der Waals surface area contributed by atoms with Gasteiger partial charge >= 0.3 is 0 Å². The maximum atomic E-state index is 6.55. The smallest absolute Gasteiger partial charge is 0.227 e. The molecule has 11 aromatic carbocycles. The number of hydrogen-bond donors (Lipinski definition) is 0. The molecule has 264 valence electrons. The van der Waals surface area contributed by atoms with Crippen molar-refractivity contribution in [2.24, 2.45) is 0 Å². The van der Waals surface area contributed by atoms with Gasteiger partial charge in [-0.3, -0.25) is 0 Å². The van der Waals surface area contributed by atoms with Gasteiger partial charge in [0.2, 0.25) is 5.89 Å². The van der Waals surface area contributed by atoms with Crippen molar-refractivity contribution in [1.29, 1.82) is 0 Å². The van der Waals surface area contributed by atoms with Crippen LogP contribution in [-0.2, 0) is 0 Å². The normalized spacial score (nSPS) is 11.9. The minimum absolute atomic E-state index is 0.607. The molecule has 0 saturated heterocycles. The summed E-state index contributed by atoms with van der Waals surface area (Å²) in [4.78, 5) is 5.06. The minimum Gasteiger partial charge on any atom is -0.436 e. The van der Waals surface area contributed by atoms with E-state index in [0.29, 0.717) is 5.89 Å². The van der Waals surface area contributed by atoms with Crippen molar-refractivity contribution in [3.05, 3.63) is 200 Å².